The van der Waals surface area contributed by atoms with E-state index in [9.17, 15) is 4.79 Å². The maximum absolute atomic E-state index is 11.6. The predicted molar refractivity (Wildman–Crippen MR) is 46.3 cm³/mol. The second-order valence-corrected chi connectivity index (χ2v) is 2.54. The van der Waals surface area contributed by atoms with Gasteiger partial charge < -0.3 is 4.98 Å². The van der Waals surface area contributed by atoms with Crippen LogP contribution in [0.25, 0.3) is 0 Å². The minimum atomic E-state index is -0.0920. The monoisotopic (exact) mass is 173 g/mol. The molecule has 1 N–H and O–H groups in total. The van der Waals surface area contributed by atoms with Crippen molar-refractivity contribution in [2.45, 2.75) is 0 Å². The zero-order chi connectivity index (χ0) is 9.10. The van der Waals surface area contributed by atoms with Gasteiger partial charge in [-0.3, -0.25) is 9.78 Å². The summed E-state index contributed by atoms with van der Waals surface area (Å²) in [5.74, 6) is -0.0920. The fourth-order valence-electron chi connectivity index (χ4n) is 1.03. The van der Waals surface area contributed by atoms with Crippen molar-refractivity contribution in [2.24, 2.45) is 0 Å². The summed E-state index contributed by atoms with van der Waals surface area (Å²) in [6, 6.07) is 3.44. The third-order valence-corrected chi connectivity index (χ3v) is 1.67. The SMILES string of the molecule is O=C(c1cccnc1)c1cnc[nH]1. The van der Waals surface area contributed by atoms with Gasteiger partial charge in [0.2, 0.25) is 5.78 Å². The quantitative estimate of drug-likeness (QED) is 0.690. The van der Waals surface area contributed by atoms with Crippen molar-refractivity contribution in [3.63, 3.8) is 0 Å². The number of hydrogen-bond donors (Lipinski definition) is 1. The van der Waals surface area contributed by atoms with Gasteiger partial charge in [-0.1, -0.05) is 0 Å². The number of carbonyl (C=O) groups is 1. The molecule has 2 heterocycles. The number of nitrogens with zero attached hydrogens (tertiary/aromatic N) is 2. The van der Waals surface area contributed by atoms with E-state index in [4.69, 9.17) is 0 Å². The third kappa shape index (κ3) is 1.46. The number of aromatic amines is 1. The van der Waals surface area contributed by atoms with Gasteiger partial charge >= 0.3 is 0 Å². The van der Waals surface area contributed by atoms with Gasteiger partial charge in [-0.25, -0.2) is 4.98 Å². The molecule has 0 saturated heterocycles. The molecule has 13 heavy (non-hydrogen) atoms. The summed E-state index contributed by atoms with van der Waals surface area (Å²) in [5.41, 5.74) is 1.04. The van der Waals surface area contributed by atoms with E-state index in [1.807, 2.05) is 0 Å². The zero-order valence-electron chi connectivity index (χ0n) is 6.77. The maximum Gasteiger partial charge on any atom is 0.212 e. The summed E-state index contributed by atoms with van der Waals surface area (Å²) in [7, 11) is 0. The van der Waals surface area contributed by atoms with Gasteiger partial charge in [0.15, 0.2) is 0 Å². The van der Waals surface area contributed by atoms with Crippen molar-refractivity contribution in [1.29, 1.82) is 0 Å². The number of nitrogens with one attached hydrogen (secondary N) is 1. The third-order valence-electron chi connectivity index (χ3n) is 1.67. The molecule has 0 bridgehead atoms. The lowest BCUT2D eigenvalue weighted by Gasteiger charge is -1.94. The van der Waals surface area contributed by atoms with Crippen LogP contribution in [-0.2, 0) is 0 Å². The highest BCUT2D eigenvalue weighted by Crippen LogP contribution is 2.03. The molecular weight excluding hydrogens is 166 g/mol. The Morgan fingerprint density at radius 2 is 2.23 bits per heavy atom. The highest BCUT2D eigenvalue weighted by molar-refractivity contribution is 6.07. The first-order valence-corrected chi connectivity index (χ1v) is 3.81. The zero-order valence-corrected chi connectivity index (χ0v) is 6.77. The normalized spacial score (nSPS) is 9.85. The molecule has 0 saturated carbocycles. The standard InChI is InChI=1S/C9H7N3O/c13-9(8-5-11-6-12-8)7-2-1-3-10-4-7/h1-6H,(H,11,12). The second-order valence-electron chi connectivity index (χ2n) is 2.54. The smallest absolute Gasteiger partial charge is 0.212 e. The Balaban J connectivity index is 2.34. The molecule has 0 aliphatic heterocycles. The van der Waals surface area contributed by atoms with Crippen LogP contribution in [0, 0.1) is 0 Å². The number of pyridine rings is 1. The number of hydrogen-bond acceptors (Lipinski definition) is 3. The van der Waals surface area contributed by atoms with Gasteiger partial charge in [0.05, 0.1) is 12.5 Å². The molecule has 0 aromatic carbocycles. The van der Waals surface area contributed by atoms with Crippen LogP contribution in [0.1, 0.15) is 16.1 Å². The maximum atomic E-state index is 11.6. The number of imidazole rings is 1. The summed E-state index contributed by atoms with van der Waals surface area (Å²) in [6.07, 6.45) is 6.13. The Hall–Kier alpha value is -1.97. The average Bonchev–Trinajstić information content (AvgIpc) is 2.71. The van der Waals surface area contributed by atoms with Crippen LogP contribution in [0.2, 0.25) is 0 Å². The van der Waals surface area contributed by atoms with Crippen molar-refractivity contribution >= 4 is 5.78 Å². The van der Waals surface area contributed by atoms with Gasteiger partial charge in [0.1, 0.15) is 5.69 Å². The van der Waals surface area contributed by atoms with Gasteiger partial charge in [-0.05, 0) is 12.1 Å². The summed E-state index contributed by atoms with van der Waals surface area (Å²) >= 11 is 0. The van der Waals surface area contributed by atoms with E-state index in [-0.39, 0.29) is 5.78 Å². The Labute approximate surface area is 74.7 Å². The molecule has 0 spiro atoms. The lowest BCUT2D eigenvalue weighted by Crippen LogP contribution is -2.01. The van der Waals surface area contributed by atoms with E-state index in [2.05, 4.69) is 15.0 Å². The summed E-state index contributed by atoms with van der Waals surface area (Å²) in [6.45, 7) is 0. The molecular formula is C9H7N3O. The van der Waals surface area contributed by atoms with E-state index >= 15 is 0 Å². The van der Waals surface area contributed by atoms with Crippen LogP contribution < -0.4 is 0 Å². The van der Waals surface area contributed by atoms with Crippen molar-refractivity contribution in [3.8, 4) is 0 Å². The van der Waals surface area contributed by atoms with E-state index in [0.717, 1.165) is 0 Å². The second kappa shape index (κ2) is 3.18. The molecule has 2 rings (SSSR count). The van der Waals surface area contributed by atoms with E-state index in [1.165, 1.54) is 18.7 Å². The average molecular weight is 173 g/mol. The van der Waals surface area contributed by atoms with Crippen LogP contribution in [0.4, 0.5) is 0 Å². The summed E-state index contributed by atoms with van der Waals surface area (Å²) < 4.78 is 0. The molecule has 4 heteroatoms. The topological polar surface area (TPSA) is 58.6 Å². The van der Waals surface area contributed by atoms with E-state index < -0.39 is 0 Å². The van der Waals surface area contributed by atoms with Gasteiger partial charge in [0, 0.05) is 18.0 Å². The lowest BCUT2D eigenvalue weighted by atomic mass is 10.1. The molecule has 0 aliphatic carbocycles. The predicted octanol–water partition coefficient (Wildman–Crippen LogP) is 1.04. The molecule has 4 nitrogen and oxygen atoms in total. The van der Waals surface area contributed by atoms with Crippen LogP contribution in [0.15, 0.2) is 37.1 Å². The highest BCUT2D eigenvalue weighted by atomic mass is 16.1. The molecule has 0 amide bonds. The van der Waals surface area contributed by atoms with Crippen molar-refractivity contribution in [2.75, 3.05) is 0 Å². The van der Waals surface area contributed by atoms with Crippen molar-refractivity contribution < 1.29 is 4.79 Å². The van der Waals surface area contributed by atoms with Crippen LogP contribution >= 0.6 is 0 Å². The molecule has 0 aliphatic rings. The fraction of sp³-hybridized carbons (Fsp3) is 0. The number of ketones is 1. The number of aromatic nitrogens is 3. The van der Waals surface area contributed by atoms with Crippen LogP contribution in [0.3, 0.4) is 0 Å². The van der Waals surface area contributed by atoms with Crippen LogP contribution in [0.5, 0.6) is 0 Å². The fourth-order valence-corrected chi connectivity index (χ4v) is 1.03. The molecule has 2 aromatic heterocycles. The Kier molecular flexibility index (Phi) is 1.88. The first-order chi connectivity index (χ1) is 6.38. The first kappa shape index (κ1) is 7.67. The Morgan fingerprint density at radius 3 is 2.85 bits per heavy atom. The Bertz CT molecular complexity index is 394. The van der Waals surface area contributed by atoms with Crippen molar-refractivity contribution in [1.82, 2.24) is 15.0 Å². The molecule has 0 fully saturated rings. The number of carbonyl (C=O) groups excluding carboxylic acids is 1. The lowest BCUT2D eigenvalue weighted by molar-refractivity contribution is 0.103. The van der Waals surface area contributed by atoms with Gasteiger partial charge in [-0.2, -0.15) is 0 Å². The largest absolute Gasteiger partial charge is 0.342 e. The molecule has 64 valence electrons. The van der Waals surface area contributed by atoms with E-state index in [1.54, 1.807) is 18.3 Å². The number of H-pyrrole nitrogens is 1. The summed E-state index contributed by atoms with van der Waals surface area (Å²) in [5, 5.41) is 0. The van der Waals surface area contributed by atoms with Crippen LogP contribution in [-0.4, -0.2) is 20.7 Å². The number of rotatable bonds is 2. The Morgan fingerprint density at radius 1 is 1.31 bits per heavy atom. The minimum Gasteiger partial charge on any atom is -0.342 e. The summed E-state index contributed by atoms with van der Waals surface area (Å²) in [4.78, 5) is 22.0. The first-order valence-electron chi connectivity index (χ1n) is 3.81. The van der Waals surface area contributed by atoms with Gasteiger partial charge in [0.25, 0.3) is 0 Å². The van der Waals surface area contributed by atoms with Gasteiger partial charge in [-0.15, -0.1) is 0 Å². The molecule has 0 unspecified atom stereocenters. The molecule has 0 radical (unpaired) electrons. The molecule has 2 aromatic rings. The molecule has 0 atom stereocenters. The highest BCUT2D eigenvalue weighted by Gasteiger charge is 2.08. The van der Waals surface area contributed by atoms with E-state index in [0.29, 0.717) is 11.3 Å². The minimum absolute atomic E-state index is 0.0920. The van der Waals surface area contributed by atoms with Crippen molar-refractivity contribution in [3.05, 3.63) is 48.3 Å².